The zero-order valence-corrected chi connectivity index (χ0v) is 14.5. The molecule has 0 spiro atoms. The van der Waals surface area contributed by atoms with Gasteiger partial charge in [-0.15, -0.1) is 11.3 Å². The Hall–Kier alpha value is -2.67. The second-order valence-electron chi connectivity index (χ2n) is 5.77. The van der Waals surface area contributed by atoms with Crippen molar-refractivity contribution in [2.45, 2.75) is 32.4 Å². The molecule has 130 valence electrons. The van der Waals surface area contributed by atoms with Crippen LogP contribution in [0.25, 0.3) is 10.2 Å². The van der Waals surface area contributed by atoms with Crippen molar-refractivity contribution < 1.29 is 4.79 Å². The number of amides is 1. The molecule has 0 radical (unpaired) electrons. The van der Waals surface area contributed by atoms with Crippen molar-refractivity contribution in [1.29, 1.82) is 0 Å². The summed E-state index contributed by atoms with van der Waals surface area (Å²) in [7, 11) is 0. The fourth-order valence-corrected chi connectivity index (χ4v) is 3.41. The third kappa shape index (κ3) is 4.24. The molecular formula is C18H19N3O3S. The lowest BCUT2D eigenvalue weighted by atomic mass is 10.2. The molecule has 0 atom stereocenters. The predicted molar refractivity (Wildman–Crippen MR) is 98.8 cm³/mol. The summed E-state index contributed by atoms with van der Waals surface area (Å²) < 4.78 is 1.76. The first-order chi connectivity index (χ1) is 12.1. The van der Waals surface area contributed by atoms with Crippen molar-refractivity contribution in [3.63, 3.8) is 0 Å². The number of H-pyrrole nitrogens is 1. The Kier molecular flexibility index (Phi) is 5.45. The average molecular weight is 357 g/mol. The van der Waals surface area contributed by atoms with E-state index in [-0.39, 0.29) is 11.5 Å². The highest BCUT2D eigenvalue weighted by Gasteiger charge is 2.08. The molecule has 0 aliphatic heterocycles. The molecule has 0 fully saturated rings. The number of hydrogen-bond acceptors (Lipinski definition) is 4. The van der Waals surface area contributed by atoms with E-state index in [4.69, 9.17) is 0 Å². The topological polar surface area (TPSA) is 84.0 Å². The van der Waals surface area contributed by atoms with Crippen molar-refractivity contribution in [2.75, 3.05) is 0 Å². The van der Waals surface area contributed by atoms with Gasteiger partial charge in [0, 0.05) is 19.5 Å². The number of aromatic nitrogens is 2. The number of benzene rings is 1. The average Bonchev–Trinajstić information content (AvgIpc) is 3.08. The minimum Gasteiger partial charge on any atom is -0.352 e. The molecule has 0 saturated carbocycles. The Bertz CT molecular complexity index is 972. The van der Waals surface area contributed by atoms with Crippen LogP contribution in [0.2, 0.25) is 0 Å². The molecule has 0 bridgehead atoms. The second kappa shape index (κ2) is 7.94. The molecule has 0 aliphatic carbocycles. The van der Waals surface area contributed by atoms with Gasteiger partial charge in [0.2, 0.25) is 5.91 Å². The Labute approximate surface area is 148 Å². The zero-order chi connectivity index (χ0) is 17.6. The van der Waals surface area contributed by atoms with Crippen LogP contribution in [-0.2, 0) is 17.9 Å². The van der Waals surface area contributed by atoms with Crippen LogP contribution >= 0.6 is 11.3 Å². The lowest BCUT2D eigenvalue weighted by Gasteiger charge is -2.06. The maximum Gasteiger partial charge on any atom is 0.328 e. The summed E-state index contributed by atoms with van der Waals surface area (Å²) >= 11 is 1.32. The van der Waals surface area contributed by atoms with Crippen molar-refractivity contribution in [2.24, 2.45) is 0 Å². The number of carbonyl (C=O) groups is 1. The SMILES string of the molecule is O=C(CCCCn1c(=O)[nH]c2ccsc2c1=O)NCc1ccccc1. The minimum atomic E-state index is -0.399. The lowest BCUT2D eigenvalue weighted by Crippen LogP contribution is -2.34. The summed E-state index contributed by atoms with van der Waals surface area (Å²) in [6.07, 6.45) is 1.59. The molecule has 0 unspecified atom stereocenters. The number of nitrogens with zero attached hydrogens (tertiary/aromatic N) is 1. The van der Waals surface area contributed by atoms with Crippen LogP contribution in [0.5, 0.6) is 0 Å². The Balaban J connectivity index is 1.48. The van der Waals surface area contributed by atoms with Gasteiger partial charge in [0.1, 0.15) is 4.70 Å². The summed E-state index contributed by atoms with van der Waals surface area (Å²) in [6.45, 7) is 0.821. The van der Waals surface area contributed by atoms with Gasteiger partial charge in [-0.05, 0) is 29.9 Å². The normalized spacial score (nSPS) is 10.9. The van der Waals surface area contributed by atoms with Gasteiger partial charge in [-0.1, -0.05) is 30.3 Å². The lowest BCUT2D eigenvalue weighted by molar-refractivity contribution is -0.121. The van der Waals surface area contributed by atoms with Gasteiger partial charge < -0.3 is 10.3 Å². The molecule has 25 heavy (non-hydrogen) atoms. The van der Waals surface area contributed by atoms with Gasteiger partial charge >= 0.3 is 5.69 Å². The Morgan fingerprint density at radius 3 is 2.72 bits per heavy atom. The fraction of sp³-hybridized carbons (Fsp3) is 0.278. The summed E-state index contributed by atoms with van der Waals surface area (Å²) in [5.41, 5.74) is 0.974. The van der Waals surface area contributed by atoms with Gasteiger partial charge in [0.05, 0.1) is 5.52 Å². The standard InChI is InChI=1S/C18H19N3O3S/c22-15(19-12-13-6-2-1-3-7-13)8-4-5-10-21-17(23)16-14(9-11-25-16)20-18(21)24/h1-3,6-7,9,11H,4-5,8,10,12H2,(H,19,22)(H,20,24). The van der Waals surface area contributed by atoms with Gasteiger partial charge in [0.25, 0.3) is 5.56 Å². The van der Waals surface area contributed by atoms with Crippen LogP contribution in [-0.4, -0.2) is 15.5 Å². The fourth-order valence-electron chi connectivity index (χ4n) is 2.61. The van der Waals surface area contributed by atoms with Gasteiger partial charge in [-0.3, -0.25) is 14.2 Å². The van der Waals surface area contributed by atoms with Crippen molar-refractivity contribution >= 4 is 27.5 Å². The zero-order valence-electron chi connectivity index (χ0n) is 13.7. The third-order valence-corrected chi connectivity index (χ3v) is 4.86. The molecule has 2 N–H and O–H groups in total. The first-order valence-electron chi connectivity index (χ1n) is 8.16. The second-order valence-corrected chi connectivity index (χ2v) is 6.69. The number of hydrogen-bond donors (Lipinski definition) is 2. The van der Waals surface area contributed by atoms with Crippen LogP contribution in [0.4, 0.5) is 0 Å². The monoisotopic (exact) mass is 357 g/mol. The number of rotatable bonds is 7. The van der Waals surface area contributed by atoms with Crippen molar-refractivity contribution in [1.82, 2.24) is 14.9 Å². The number of unbranched alkanes of at least 4 members (excludes halogenated alkanes) is 1. The summed E-state index contributed by atoms with van der Waals surface area (Å²) in [6, 6.07) is 11.4. The Morgan fingerprint density at radius 2 is 1.92 bits per heavy atom. The van der Waals surface area contributed by atoms with E-state index in [2.05, 4.69) is 10.3 Å². The minimum absolute atomic E-state index is 0.0289. The smallest absolute Gasteiger partial charge is 0.328 e. The number of carbonyl (C=O) groups excluding carboxylic acids is 1. The molecule has 3 rings (SSSR count). The van der Waals surface area contributed by atoms with E-state index in [1.807, 2.05) is 30.3 Å². The van der Waals surface area contributed by atoms with E-state index in [1.54, 1.807) is 11.4 Å². The maximum atomic E-state index is 12.3. The van der Waals surface area contributed by atoms with E-state index >= 15 is 0 Å². The molecule has 2 heterocycles. The molecule has 2 aromatic heterocycles. The van der Waals surface area contributed by atoms with Crippen molar-refractivity contribution in [3.8, 4) is 0 Å². The van der Waals surface area contributed by atoms with E-state index in [0.717, 1.165) is 5.56 Å². The van der Waals surface area contributed by atoms with E-state index in [1.165, 1.54) is 15.9 Å². The first-order valence-corrected chi connectivity index (χ1v) is 9.04. The molecular weight excluding hydrogens is 338 g/mol. The Morgan fingerprint density at radius 1 is 1.12 bits per heavy atom. The number of fused-ring (bicyclic) bond motifs is 1. The maximum absolute atomic E-state index is 12.3. The highest BCUT2D eigenvalue weighted by atomic mass is 32.1. The van der Waals surface area contributed by atoms with Crippen molar-refractivity contribution in [3.05, 3.63) is 68.2 Å². The quantitative estimate of drug-likeness (QED) is 0.636. The highest BCUT2D eigenvalue weighted by molar-refractivity contribution is 7.17. The predicted octanol–water partition coefficient (Wildman–Crippen LogP) is 2.24. The molecule has 0 saturated heterocycles. The molecule has 1 aromatic carbocycles. The third-order valence-electron chi connectivity index (χ3n) is 3.96. The molecule has 6 nitrogen and oxygen atoms in total. The number of nitrogens with one attached hydrogen (secondary N) is 2. The van der Waals surface area contributed by atoms with Crippen LogP contribution in [0, 0.1) is 0 Å². The van der Waals surface area contributed by atoms with Crippen LogP contribution < -0.4 is 16.6 Å². The molecule has 7 heteroatoms. The first kappa shape index (κ1) is 17.2. The summed E-state index contributed by atoms with van der Waals surface area (Å²) in [4.78, 5) is 38.8. The van der Waals surface area contributed by atoms with Gasteiger partial charge in [0.15, 0.2) is 0 Å². The summed E-state index contributed by atoms with van der Waals surface area (Å²) in [5.74, 6) is -0.0289. The highest BCUT2D eigenvalue weighted by Crippen LogP contribution is 2.12. The summed E-state index contributed by atoms with van der Waals surface area (Å²) in [5, 5.41) is 4.65. The van der Waals surface area contributed by atoms with Gasteiger partial charge in [-0.25, -0.2) is 4.79 Å². The number of thiophene rings is 1. The van der Waals surface area contributed by atoms with Crippen LogP contribution in [0.3, 0.4) is 0 Å². The van der Waals surface area contributed by atoms with Crippen LogP contribution in [0.1, 0.15) is 24.8 Å². The molecule has 0 aliphatic rings. The molecule has 1 amide bonds. The van der Waals surface area contributed by atoms with E-state index in [9.17, 15) is 14.4 Å². The van der Waals surface area contributed by atoms with Crippen LogP contribution in [0.15, 0.2) is 51.4 Å². The van der Waals surface area contributed by atoms with E-state index in [0.29, 0.717) is 42.6 Å². The number of aromatic amines is 1. The molecule has 3 aromatic rings. The largest absolute Gasteiger partial charge is 0.352 e. The van der Waals surface area contributed by atoms with E-state index < -0.39 is 5.69 Å². The van der Waals surface area contributed by atoms with Gasteiger partial charge in [-0.2, -0.15) is 0 Å².